The number of nitrogens with one attached hydrogen (secondary N) is 2. The van der Waals surface area contributed by atoms with Crippen LogP contribution in [0.25, 0.3) is 28.0 Å². The third-order valence-corrected chi connectivity index (χ3v) is 7.30. The molecule has 1 aromatic carbocycles. The predicted octanol–water partition coefficient (Wildman–Crippen LogP) is 4.71. The van der Waals surface area contributed by atoms with Crippen LogP contribution in [0.2, 0.25) is 0 Å². The van der Waals surface area contributed by atoms with Gasteiger partial charge >= 0.3 is 5.69 Å². The first-order chi connectivity index (χ1) is 17.5. The van der Waals surface area contributed by atoms with Gasteiger partial charge in [0.2, 0.25) is 0 Å². The van der Waals surface area contributed by atoms with Gasteiger partial charge in [0.05, 0.1) is 23.6 Å². The van der Waals surface area contributed by atoms with Crippen LogP contribution in [0.5, 0.6) is 0 Å². The monoisotopic (exact) mass is 549 g/mol. The highest BCUT2D eigenvalue weighted by Crippen LogP contribution is 2.38. The Morgan fingerprint density at radius 3 is 2.78 bits per heavy atom. The van der Waals surface area contributed by atoms with E-state index in [9.17, 15) is 9.59 Å². The number of carbonyl (C=O) groups excluding carboxylic acids is 1. The number of fused-ring (bicyclic) bond motifs is 1. The molecule has 2 N–H and O–H groups in total. The van der Waals surface area contributed by atoms with Crippen molar-refractivity contribution in [1.82, 2.24) is 24.6 Å². The maximum atomic E-state index is 13.1. The molecular formula is C26H24BrN5O4. The smallest absolute Gasteiger partial charge is 0.323 e. The number of rotatable bonds is 6. The zero-order chi connectivity index (χ0) is 24.8. The van der Waals surface area contributed by atoms with Crippen molar-refractivity contribution in [2.24, 2.45) is 0 Å². The molecule has 1 fully saturated rings. The summed E-state index contributed by atoms with van der Waals surface area (Å²) >= 11 is 3.56. The highest BCUT2D eigenvalue weighted by atomic mass is 79.9. The number of H-pyrrole nitrogens is 2. The summed E-state index contributed by atoms with van der Waals surface area (Å²) in [7, 11) is 0. The minimum Gasteiger partial charge on any atom is -0.472 e. The van der Waals surface area contributed by atoms with Crippen LogP contribution >= 0.6 is 15.9 Å². The largest absolute Gasteiger partial charge is 0.472 e. The topological polar surface area (TPSA) is 109 Å². The van der Waals surface area contributed by atoms with Crippen LogP contribution in [0.3, 0.4) is 0 Å². The van der Waals surface area contributed by atoms with Crippen molar-refractivity contribution in [3.05, 3.63) is 81.2 Å². The molecule has 0 bridgehead atoms. The van der Waals surface area contributed by atoms with Crippen molar-refractivity contribution in [1.29, 1.82) is 0 Å². The molecule has 1 saturated heterocycles. The molecule has 2 aliphatic rings. The number of imidazole rings is 1. The number of hydrogen-bond acceptors (Lipinski definition) is 5. The lowest BCUT2D eigenvalue weighted by atomic mass is 10.1. The van der Waals surface area contributed by atoms with E-state index in [4.69, 9.17) is 14.3 Å². The number of hydrogen-bond donors (Lipinski definition) is 2. The average molecular weight is 550 g/mol. The molecule has 0 spiro atoms. The molecule has 0 radical (unpaired) electrons. The lowest BCUT2D eigenvalue weighted by Gasteiger charge is -2.23. The van der Waals surface area contributed by atoms with Gasteiger partial charge in [-0.15, -0.1) is 0 Å². The van der Waals surface area contributed by atoms with Gasteiger partial charge in [0.1, 0.15) is 11.8 Å². The fourth-order valence-corrected chi connectivity index (χ4v) is 5.09. The van der Waals surface area contributed by atoms with Crippen LogP contribution in [0.4, 0.5) is 0 Å². The van der Waals surface area contributed by atoms with Crippen molar-refractivity contribution in [2.75, 3.05) is 6.54 Å². The van der Waals surface area contributed by atoms with E-state index in [0.29, 0.717) is 13.0 Å². The maximum absolute atomic E-state index is 13.1. The molecule has 4 heterocycles. The number of furan rings is 1. The van der Waals surface area contributed by atoms with Crippen LogP contribution < -0.4 is 5.69 Å². The van der Waals surface area contributed by atoms with E-state index in [-0.39, 0.29) is 11.6 Å². The standard InChI is InChI=1S/C26H24BrN5O4/c1-15-24(33)31(10-8-16-2-7-21-22(12-16)29-26(34)28-21)25(36-15)20-13-32(19-5-3-18(27)4-6-19)30-23(20)17-9-11-35-14-17/h2-3,5,7,9,11-15,25H,4,6,8,10H2,1H3,(H2,28,29,34)/t15-,25-/m1/s1. The second-order valence-electron chi connectivity index (χ2n) is 9.03. The third-order valence-electron chi connectivity index (χ3n) is 6.64. The van der Waals surface area contributed by atoms with Crippen molar-refractivity contribution in [2.45, 2.75) is 38.5 Å². The van der Waals surface area contributed by atoms with Crippen molar-refractivity contribution in [3.8, 4) is 11.3 Å². The molecule has 1 amide bonds. The van der Waals surface area contributed by atoms with Gasteiger partial charge in [-0.2, -0.15) is 5.10 Å². The molecule has 0 unspecified atom stereocenters. The molecule has 36 heavy (non-hydrogen) atoms. The normalized spacial score (nSPS) is 20.3. The van der Waals surface area contributed by atoms with E-state index >= 15 is 0 Å². The summed E-state index contributed by atoms with van der Waals surface area (Å²) in [6.07, 6.45) is 10.5. The minimum absolute atomic E-state index is 0.0641. The zero-order valence-corrected chi connectivity index (χ0v) is 21.1. The molecule has 2 atom stereocenters. The van der Waals surface area contributed by atoms with Gasteiger partial charge in [-0.1, -0.05) is 28.1 Å². The average Bonchev–Trinajstić information content (AvgIpc) is 3.65. The Kier molecular flexibility index (Phi) is 5.77. The molecule has 10 heteroatoms. The summed E-state index contributed by atoms with van der Waals surface area (Å²) in [6.45, 7) is 2.24. The number of carbonyl (C=O) groups is 1. The predicted molar refractivity (Wildman–Crippen MR) is 138 cm³/mol. The number of nitrogens with zero attached hydrogens (tertiary/aromatic N) is 3. The van der Waals surface area contributed by atoms with Crippen molar-refractivity contribution < 1.29 is 13.9 Å². The number of aromatic nitrogens is 4. The van der Waals surface area contributed by atoms with Crippen LogP contribution in [-0.4, -0.2) is 43.2 Å². The van der Waals surface area contributed by atoms with Gasteiger partial charge in [-0.05, 0) is 60.5 Å². The summed E-state index contributed by atoms with van der Waals surface area (Å²) in [6, 6.07) is 7.63. The molecule has 3 aromatic heterocycles. The van der Waals surface area contributed by atoms with E-state index in [1.165, 1.54) is 0 Å². The highest BCUT2D eigenvalue weighted by Gasteiger charge is 2.40. The Labute approximate surface area is 214 Å². The highest BCUT2D eigenvalue weighted by molar-refractivity contribution is 9.11. The summed E-state index contributed by atoms with van der Waals surface area (Å²) in [5, 5.41) is 4.87. The quantitative estimate of drug-likeness (QED) is 0.361. The second-order valence-corrected chi connectivity index (χ2v) is 10.1. The SMILES string of the molecule is C[C@H]1O[C@H](c2cn(C3=CC=C(Br)CC3)nc2-c2ccoc2)N(CCc2ccc3[nH]c(=O)[nH]c3c2)C1=O. The number of amides is 1. The first-order valence-corrected chi connectivity index (χ1v) is 12.6. The Hall–Kier alpha value is -3.63. The molecule has 6 rings (SSSR count). The van der Waals surface area contributed by atoms with E-state index in [1.807, 2.05) is 47.3 Å². The van der Waals surface area contributed by atoms with Crippen LogP contribution in [0.15, 0.2) is 68.8 Å². The van der Waals surface area contributed by atoms with Gasteiger partial charge < -0.3 is 24.0 Å². The first kappa shape index (κ1) is 22.8. The van der Waals surface area contributed by atoms with Crippen LogP contribution in [-0.2, 0) is 16.0 Å². The first-order valence-electron chi connectivity index (χ1n) is 11.8. The van der Waals surface area contributed by atoms with E-state index < -0.39 is 12.3 Å². The number of ether oxygens (including phenoxy) is 1. The van der Waals surface area contributed by atoms with E-state index in [2.05, 4.69) is 25.9 Å². The second kappa shape index (κ2) is 9.11. The van der Waals surface area contributed by atoms with Gasteiger partial charge in [-0.25, -0.2) is 9.48 Å². The van der Waals surface area contributed by atoms with Gasteiger partial charge in [0.15, 0.2) is 6.23 Å². The van der Waals surface area contributed by atoms with Crippen LogP contribution in [0.1, 0.15) is 37.1 Å². The molecule has 1 aliphatic carbocycles. The number of aromatic amines is 2. The Morgan fingerprint density at radius 2 is 2.00 bits per heavy atom. The summed E-state index contributed by atoms with van der Waals surface area (Å²) in [5.41, 5.74) is 5.71. The van der Waals surface area contributed by atoms with Gasteiger partial charge in [0, 0.05) is 29.6 Å². The maximum Gasteiger partial charge on any atom is 0.323 e. The van der Waals surface area contributed by atoms with Crippen molar-refractivity contribution in [3.63, 3.8) is 0 Å². The number of halogens is 1. The minimum atomic E-state index is -0.576. The summed E-state index contributed by atoms with van der Waals surface area (Å²) < 4.78 is 14.6. The summed E-state index contributed by atoms with van der Waals surface area (Å²) in [4.78, 5) is 32.1. The molecule has 184 valence electrons. The third kappa shape index (κ3) is 4.16. The van der Waals surface area contributed by atoms with Gasteiger partial charge in [-0.3, -0.25) is 4.79 Å². The molecule has 9 nitrogen and oxygen atoms in total. The summed E-state index contributed by atoms with van der Waals surface area (Å²) in [5.74, 6) is -0.0641. The zero-order valence-electron chi connectivity index (χ0n) is 19.5. The fraction of sp³-hybridized carbons (Fsp3) is 0.269. The molecule has 1 aliphatic heterocycles. The lowest BCUT2D eigenvalue weighted by molar-refractivity contribution is -0.130. The Morgan fingerprint density at radius 1 is 1.14 bits per heavy atom. The molecule has 0 saturated carbocycles. The number of benzene rings is 1. The van der Waals surface area contributed by atoms with Gasteiger partial charge in [0.25, 0.3) is 5.91 Å². The van der Waals surface area contributed by atoms with Crippen LogP contribution in [0, 0.1) is 0 Å². The Bertz CT molecular complexity index is 1560. The van der Waals surface area contributed by atoms with E-state index in [1.54, 1.807) is 24.3 Å². The molecular weight excluding hydrogens is 526 g/mol. The molecule has 4 aromatic rings. The lowest BCUT2D eigenvalue weighted by Crippen LogP contribution is -2.32. The Balaban J connectivity index is 1.33. The van der Waals surface area contributed by atoms with E-state index in [0.717, 1.165) is 56.4 Å². The fourth-order valence-electron chi connectivity index (χ4n) is 4.76. The number of allylic oxidation sites excluding steroid dienone is 4. The van der Waals surface area contributed by atoms with Crippen molar-refractivity contribution >= 4 is 38.6 Å².